The van der Waals surface area contributed by atoms with Gasteiger partial charge in [-0.15, -0.1) is 0 Å². The Bertz CT molecular complexity index is 1070. The van der Waals surface area contributed by atoms with Crippen molar-refractivity contribution in [1.29, 1.82) is 5.26 Å². The van der Waals surface area contributed by atoms with Crippen LogP contribution in [0.2, 0.25) is 0 Å². The summed E-state index contributed by atoms with van der Waals surface area (Å²) >= 11 is 0. The van der Waals surface area contributed by atoms with Crippen molar-refractivity contribution in [3.63, 3.8) is 0 Å². The number of benzene rings is 2. The molecule has 1 aromatic heterocycles. The molecule has 0 unspecified atom stereocenters. The topological polar surface area (TPSA) is 86.4 Å². The van der Waals surface area contributed by atoms with Crippen LogP contribution in [0.3, 0.4) is 0 Å². The first-order valence-electron chi connectivity index (χ1n) is 8.47. The molecule has 3 aromatic rings. The maximum absolute atomic E-state index is 12.3. The smallest absolute Gasteiger partial charge is 0.267 e. The molecule has 2 aromatic carbocycles. The summed E-state index contributed by atoms with van der Waals surface area (Å²) in [6, 6.07) is 15.8. The third-order valence-corrected chi connectivity index (χ3v) is 4.22. The zero-order valence-electron chi connectivity index (χ0n) is 15.8. The fourth-order valence-electron chi connectivity index (χ4n) is 2.86. The van der Waals surface area contributed by atoms with E-state index in [0.29, 0.717) is 34.1 Å². The van der Waals surface area contributed by atoms with Crippen molar-refractivity contribution in [1.82, 2.24) is 9.78 Å². The normalized spacial score (nSPS) is 10.2. The maximum Gasteiger partial charge on any atom is 0.267 e. The Labute approximate surface area is 162 Å². The van der Waals surface area contributed by atoms with E-state index < -0.39 is 0 Å². The minimum absolute atomic E-state index is 0.237. The highest BCUT2D eigenvalue weighted by atomic mass is 16.5. The summed E-state index contributed by atoms with van der Waals surface area (Å²) < 4.78 is 17.5. The van der Waals surface area contributed by atoms with Crippen molar-refractivity contribution in [2.45, 2.75) is 6.54 Å². The summed E-state index contributed by atoms with van der Waals surface area (Å²) in [5.74, 6) is 1.48. The van der Waals surface area contributed by atoms with Gasteiger partial charge in [0.25, 0.3) is 5.56 Å². The molecule has 0 saturated heterocycles. The van der Waals surface area contributed by atoms with Crippen molar-refractivity contribution < 1.29 is 14.2 Å². The molecule has 0 aliphatic carbocycles. The summed E-state index contributed by atoms with van der Waals surface area (Å²) in [4.78, 5) is 12.3. The van der Waals surface area contributed by atoms with Gasteiger partial charge in [-0.05, 0) is 35.9 Å². The molecular formula is C21H19N3O4. The molecule has 7 heteroatoms. The summed E-state index contributed by atoms with van der Waals surface area (Å²) in [6.07, 6.45) is 0. The van der Waals surface area contributed by atoms with Crippen molar-refractivity contribution in [2.75, 3.05) is 21.3 Å². The molecule has 1 heterocycles. The summed E-state index contributed by atoms with van der Waals surface area (Å²) in [7, 11) is 4.61. The predicted octanol–water partition coefficient (Wildman–Crippen LogP) is 2.86. The fraction of sp³-hybridized carbons (Fsp3) is 0.190. The lowest BCUT2D eigenvalue weighted by atomic mass is 10.1. The Morgan fingerprint density at radius 1 is 1.00 bits per heavy atom. The number of nitrogens with zero attached hydrogens (tertiary/aromatic N) is 3. The van der Waals surface area contributed by atoms with E-state index in [0.717, 1.165) is 5.56 Å². The van der Waals surface area contributed by atoms with Crippen molar-refractivity contribution in [3.05, 3.63) is 70.0 Å². The van der Waals surface area contributed by atoms with Gasteiger partial charge in [-0.2, -0.15) is 10.4 Å². The lowest BCUT2D eigenvalue weighted by molar-refractivity contribution is 0.324. The molecule has 3 rings (SSSR count). The van der Waals surface area contributed by atoms with E-state index in [1.807, 2.05) is 6.07 Å². The number of methoxy groups -OCH3 is 3. The van der Waals surface area contributed by atoms with Gasteiger partial charge in [-0.3, -0.25) is 4.79 Å². The third kappa shape index (κ3) is 3.81. The predicted molar refractivity (Wildman–Crippen MR) is 104 cm³/mol. The van der Waals surface area contributed by atoms with Gasteiger partial charge in [-0.25, -0.2) is 4.68 Å². The lowest BCUT2D eigenvalue weighted by Crippen LogP contribution is -2.22. The highest BCUT2D eigenvalue weighted by molar-refractivity contribution is 5.68. The minimum Gasteiger partial charge on any atom is -0.493 e. The number of hydrogen-bond acceptors (Lipinski definition) is 6. The first-order chi connectivity index (χ1) is 13.6. The molecule has 142 valence electrons. The van der Waals surface area contributed by atoms with Crippen LogP contribution in [0.1, 0.15) is 11.1 Å². The molecule has 0 fully saturated rings. The summed E-state index contributed by atoms with van der Waals surface area (Å²) in [5.41, 5.74) is 2.41. The average Bonchev–Trinajstić information content (AvgIpc) is 2.74. The average molecular weight is 377 g/mol. The number of nitriles is 1. The van der Waals surface area contributed by atoms with E-state index in [1.165, 1.54) is 32.1 Å². The van der Waals surface area contributed by atoms with Crippen LogP contribution in [-0.2, 0) is 6.54 Å². The maximum atomic E-state index is 12.3. The Morgan fingerprint density at radius 2 is 1.71 bits per heavy atom. The Balaban J connectivity index is 2.04. The number of rotatable bonds is 6. The van der Waals surface area contributed by atoms with Gasteiger partial charge in [0, 0.05) is 11.6 Å². The number of hydrogen-bond donors (Lipinski definition) is 0. The van der Waals surface area contributed by atoms with Gasteiger partial charge >= 0.3 is 0 Å². The molecule has 7 nitrogen and oxygen atoms in total. The van der Waals surface area contributed by atoms with Crippen LogP contribution in [0, 0.1) is 11.3 Å². The van der Waals surface area contributed by atoms with Crippen molar-refractivity contribution in [3.8, 4) is 34.6 Å². The first kappa shape index (κ1) is 19.0. The van der Waals surface area contributed by atoms with Gasteiger partial charge in [0.05, 0.1) is 45.2 Å². The van der Waals surface area contributed by atoms with Crippen LogP contribution in [0.25, 0.3) is 11.3 Å². The van der Waals surface area contributed by atoms with Crippen LogP contribution in [0.15, 0.2) is 53.3 Å². The molecule has 0 radical (unpaired) electrons. The Kier molecular flexibility index (Phi) is 5.61. The molecule has 0 atom stereocenters. The van der Waals surface area contributed by atoms with Crippen molar-refractivity contribution in [2.24, 2.45) is 0 Å². The quantitative estimate of drug-likeness (QED) is 0.657. The standard InChI is InChI=1S/C21H19N3O4/c1-26-18-10-16(11-19(27-2)21(18)28-3)17-7-8-20(25)24(23-17)13-15-6-4-5-14(9-15)12-22/h4-11H,13H2,1-3H3. The van der Waals surface area contributed by atoms with Crippen LogP contribution in [0.4, 0.5) is 0 Å². The Hall–Kier alpha value is -3.79. The SMILES string of the molecule is COc1cc(-c2ccc(=O)n(Cc3cccc(C#N)c3)n2)cc(OC)c1OC. The molecular weight excluding hydrogens is 358 g/mol. The summed E-state index contributed by atoms with van der Waals surface area (Å²) in [5, 5.41) is 13.5. The molecule has 0 spiro atoms. The Morgan fingerprint density at radius 3 is 2.32 bits per heavy atom. The fourth-order valence-corrected chi connectivity index (χ4v) is 2.86. The van der Waals surface area contributed by atoms with Crippen LogP contribution in [-0.4, -0.2) is 31.1 Å². The minimum atomic E-state index is -0.237. The number of ether oxygens (including phenoxy) is 3. The van der Waals surface area contributed by atoms with Gasteiger partial charge < -0.3 is 14.2 Å². The van der Waals surface area contributed by atoms with Gasteiger partial charge in [0.15, 0.2) is 11.5 Å². The molecule has 0 amide bonds. The van der Waals surface area contributed by atoms with Crippen molar-refractivity contribution >= 4 is 0 Å². The van der Waals surface area contributed by atoms with Crippen LogP contribution >= 0.6 is 0 Å². The molecule has 28 heavy (non-hydrogen) atoms. The van der Waals surface area contributed by atoms with Crippen LogP contribution in [0.5, 0.6) is 17.2 Å². The van der Waals surface area contributed by atoms with E-state index in [4.69, 9.17) is 19.5 Å². The number of aromatic nitrogens is 2. The molecule has 0 aliphatic rings. The zero-order chi connectivity index (χ0) is 20.1. The monoisotopic (exact) mass is 377 g/mol. The second kappa shape index (κ2) is 8.27. The molecule has 0 saturated carbocycles. The highest BCUT2D eigenvalue weighted by Gasteiger charge is 2.15. The van der Waals surface area contributed by atoms with Gasteiger partial charge in [-0.1, -0.05) is 12.1 Å². The molecule has 0 N–H and O–H groups in total. The third-order valence-electron chi connectivity index (χ3n) is 4.22. The lowest BCUT2D eigenvalue weighted by Gasteiger charge is -2.14. The molecule has 0 bridgehead atoms. The van der Waals surface area contributed by atoms with E-state index >= 15 is 0 Å². The first-order valence-corrected chi connectivity index (χ1v) is 8.47. The van der Waals surface area contributed by atoms with E-state index in [9.17, 15) is 4.79 Å². The van der Waals surface area contributed by atoms with Crippen LogP contribution < -0.4 is 19.8 Å². The largest absolute Gasteiger partial charge is 0.493 e. The molecule has 0 aliphatic heterocycles. The summed E-state index contributed by atoms with van der Waals surface area (Å²) in [6.45, 7) is 0.257. The highest BCUT2D eigenvalue weighted by Crippen LogP contribution is 2.40. The second-order valence-electron chi connectivity index (χ2n) is 5.94. The van der Waals surface area contributed by atoms with E-state index in [-0.39, 0.29) is 12.1 Å². The second-order valence-corrected chi connectivity index (χ2v) is 5.94. The van der Waals surface area contributed by atoms with E-state index in [1.54, 1.807) is 36.4 Å². The van der Waals surface area contributed by atoms with Gasteiger partial charge in [0.2, 0.25) is 5.75 Å². The van der Waals surface area contributed by atoms with E-state index in [2.05, 4.69) is 11.2 Å². The van der Waals surface area contributed by atoms with Gasteiger partial charge in [0.1, 0.15) is 0 Å². The zero-order valence-corrected chi connectivity index (χ0v) is 15.8.